The molecule has 3 aromatic rings. The third-order valence-corrected chi connectivity index (χ3v) is 4.10. The Morgan fingerprint density at radius 1 is 1.15 bits per heavy atom. The van der Waals surface area contributed by atoms with Gasteiger partial charge in [0.2, 0.25) is 0 Å². The Kier molecular flexibility index (Phi) is 6.87. The molecule has 132 valence electrons. The van der Waals surface area contributed by atoms with Gasteiger partial charge in [-0.05, 0) is 36.2 Å². The first-order valence-electron chi connectivity index (χ1n) is 8.16. The molecule has 6 heteroatoms. The summed E-state index contributed by atoms with van der Waals surface area (Å²) in [6.45, 7) is 2.50. The minimum atomic E-state index is -0.546. The molecule has 1 heterocycles. The fourth-order valence-corrected chi connectivity index (χ4v) is 2.87. The number of benzene rings is 2. The van der Waals surface area contributed by atoms with Crippen molar-refractivity contribution in [1.82, 2.24) is 4.57 Å². The van der Waals surface area contributed by atoms with Crippen molar-refractivity contribution in [3.63, 3.8) is 0 Å². The van der Waals surface area contributed by atoms with Crippen LogP contribution in [0.15, 0.2) is 47.4 Å². The van der Waals surface area contributed by atoms with E-state index in [-0.39, 0.29) is 41.8 Å². The van der Waals surface area contributed by atoms with Crippen molar-refractivity contribution in [3.05, 3.63) is 58.6 Å². The van der Waals surface area contributed by atoms with Gasteiger partial charge in [0.25, 0.3) is 0 Å². The molecule has 0 radical (unpaired) electrons. The summed E-state index contributed by atoms with van der Waals surface area (Å²) in [4.78, 5) is 12.9. The molecule has 26 heavy (non-hydrogen) atoms. The Hall–Kier alpha value is -1.82. The van der Waals surface area contributed by atoms with Crippen LogP contribution in [-0.2, 0) is 7.05 Å². The summed E-state index contributed by atoms with van der Waals surface area (Å²) in [5.41, 5.74) is 1.26. The summed E-state index contributed by atoms with van der Waals surface area (Å²) in [5, 5.41) is 0.0458. The summed E-state index contributed by atoms with van der Waals surface area (Å²) in [6, 6.07) is 9.98. The average molecular weight is 365 g/mol. The number of rotatable bonds is 5. The smallest absolute Gasteiger partial charge is 1.00 e. The van der Waals surface area contributed by atoms with Crippen molar-refractivity contribution in [3.8, 4) is 22.6 Å². The number of ether oxygens (including phenoxy) is 2. The molecule has 0 saturated heterocycles. The van der Waals surface area contributed by atoms with Gasteiger partial charge in [-0.25, -0.2) is 4.39 Å². The Bertz CT molecular complexity index is 974. The zero-order chi connectivity index (χ0) is 18.0. The molecular formula is C20H21FNNaO3. The second kappa shape index (κ2) is 8.71. The summed E-state index contributed by atoms with van der Waals surface area (Å²) in [7, 11) is 3.37. The second-order valence-electron chi connectivity index (χ2n) is 5.83. The topological polar surface area (TPSA) is 40.5 Å². The largest absolute Gasteiger partial charge is 1.00 e. The average Bonchev–Trinajstić information content (AvgIpc) is 2.63. The Morgan fingerprint density at radius 3 is 2.46 bits per heavy atom. The summed E-state index contributed by atoms with van der Waals surface area (Å²) in [5.74, 6) is 0.664. The van der Waals surface area contributed by atoms with Crippen molar-refractivity contribution in [2.24, 2.45) is 7.05 Å². The van der Waals surface area contributed by atoms with Crippen LogP contribution in [0.25, 0.3) is 22.0 Å². The normalized spacial score (nSPS) is 10.5. The van der Waals surface area contributed by atoms with E-state index in [4.69, 9.17) is 9.47 Å². The first kappa shape index (κ1) is 20.5. The molecule has 0 N–H and O–H groups in total. The number of halogens is 1. The maximum absolute atomic E-state index is 14.5. The van der Waals surface area contributed by atoms with E-state index < -0.39 is 5.82 Å². The first-order valence-corrected chi connectivity index (χ1v) is 8.16. The number of nitrogens with zero attached hydrogens (tertiary/aromatic N) is 1. The predicted octanol–water partition coefficient (Wildman–Crippen LogP) is 1.26. The van der Waals surface area contributed by atoms with Crippen LogP contribution in [0.4, 0.5) is 4.39 Å². The van der Waals surface area contributed by atoms with E-state index in [9.17, 15) is 9.18 Å². The Labute approximate surface area is 175 Å². The van der Waals surface area contributed by atoms with Crippen molar-refractivity contribution in [2.75, 3.05) is 13.7 Å². The first-order chi connectivity index (χ1) is 12.1. The molecule has 0 amide bonds. The van der Waals surface area contributed by atoms with E-state index in [1.54, 1.807) is 55.3 Å². The fraction of sp³-hybridized carbons (Fsp3) is 0.250. The van der Waals surface area contributed by atoms with E-state index in [1.807, 2.05) is 6.92 Å². The number of methoxy groups -OCH3 is 1. The molecule has 0 aliphatic rings. The number of pyridine rings is 1. The van der Waals surface area contributed by atoms with Gasteiger partial charge < -0.3 is 15.5 Å². The molecule has 0 aliphatic carbocycles. The van der Waals surface area contributed by atoms with Crippen LogP contribution in [0.2, 0.25) is 0 Å². The Morgan fingerprint density at radius 2 is 1.85 bits per heavy atom. The third kappa shape index (κ3) is 3.80. The summed E-state index contributed by atoms with van der Waals surface area (Å²) < 4.78 is 27.0. The van der Waals surface area contributed by atoms with Gasteiger partial charge in [0.15, 0.2) is 5.43 Å². The molecule has 0 aliphatic heterocycles. The molecule has 0 fully saturated rings. The van der Waals surface area contributed by atoms with Crippen molar-refractivity contribution >= 4 is 10.9 Å². The number of hydrogen-bond acceptors (Lipinski definition) is 3. The van der Waals surface area contributed by atoms with Gasteiger partial charge in [-0.2, -0.15) is 0 Å². The van der Waals surface area contributed by atoms with Crippen molar-refractivity contribution < 1.29 is 44.8 Å². The standard InChI is InChI=1S/C20H20FNO3.Na.H/c1-4-11-25-17-10-9-16(21)18-19(17)22(2)12-15(20(18)23)13-5-7-14(24-3)8-6-13;;/h5-10,12H,4,11H2,1-3H3;;/q;+1;-1. The van der Waals surface area contributed by atoms with Crippen LogP contribution in [0, 0.1) is 5.82 Å². The maximum atomic E-state index is 14.5. The quantitative estimate of drug-likeness (QED) is 0.639. The molecule has 4 nitrogen and oxygen atoms in total. The van der Waals surface area contributed by atoms with E-state index in [0.717, 1.165) is 6.42 Å². The van der Waals surface area contributed by atoms with Crippen LogP contribution in [0.3, 0.4) is 0 Å². The zero-order valence-electron chi connectivity index (χ0n) is 16.5. The van der Waals surface area contributed by atoms with Crippen molar-refractivity contribution in [2.45, 2.75) is 13.3 Å². The molecule has 0 bridgehead atoms. The van der Waals surface area contributed by atoms with E-state index in [1.165, 1.54) is 6.07 Å². The van der Waals surface area contributed by atoms with Gasteiger partial charge in [0.1, 0.15) is 17.3 Å². The van der Waals surface area contributed by atoms with Gasteiger partial charge in [0.05, 0.1) is 24.6 Å². The molecular weight excluding hydrogens is 344 g/mol. The molecule has 0 atom stereocenters. The third-order valence-electron chi connectivity index (χ3n) is 4.10. The number of aromatic nitrogens is 1. The second-order valence-corrected chi connectivity index (χ2v) is 5.83. The van der Waals surface area contributed by atoms with Gasteiger partial charge in [-0.1, -0.05) is 19.1 Å². The van der Waals surface area contributed by atoms with Crippen LogP contribution in [-0.4, -0.2) is 18.3 Å². The van der Waals surface area contributed by atoms with Crippen LogP contribution in [0.5, 0.6) is 11.5 Å². The molecule has 0 spiro atoms. The van der Waals surface area contributed by atoms with Crippen molar-refractivity contribution in [1.29, 1.82) is 0 Å². The monoisotopic (exact) mass is 365 g/mol. The SMILES string of the molecule is CCCOc1ccc(F)c2c(=O)c(-c3ccc(OC)cc3)cn(C)c12.[H-].[Na+]. The number of aryl methyl sites for hydroxylation is 1. The van der Waals surface area contributed by atoms with Crippen LogP contribution < -0.4 is 44.5 Å². The predicted molar refractivity (Wildman–Crippen MR) is 98.0 cm³/mol. The fourth-order valence-electron chi connectivity index (χ4n) is 2.87. The van der Waals surface area contributed by atoms with E-state index in [0.29, 0.717) is 34.7 Å². The number of hydrogen-bond donors (Lipinski definition) is 0. The zero-order valence-corrected chi connectivity index (χ0v) is 17.5. The van der Waals surface area contributed by atoms with Crippen LogP contribution >= 0.6 is 0 Å². The van der Waals surface area contributed by atoms with Gasteiger partial charge in [0, 0.05) is 18.8 Å². The minimum Gasteiger partial charge on any atom is -1.00 e. The maximum Gasteiger partial charge on any atom is 1.00 e. The molecule has 0 saturated carbocycles. The molecule has 2 aromatic carbocycles. The Balaban J connectivity index is 0.00000182. The van der Waals surface area contributed by atoms with Gasteiger partial charge >= 0.3 is 29.6 Å². The van der Waals surface area contributed by atoms with E-state index >= 15 is 0 Å². The molecule has 3 rings (SSSR count). The summed E-state index contributed by atoms with van der Waals surface area (Å²) >= 11 is 0. The summed E-state index contributed by atoms with van der Waals surface area (Å²) in [6.07, 6.45) is 2.54. The van der Waals surface area contributed by atoms with E-state index in [2.05, 4.69) is 0 Å². The minimum absolute atomic E-state index is 0. The van der Waals surface area contributed by atoms with Crippen LogP contribution in [0.1, 0.15) is 14.8 Å². The number of fused-ring (bicyclic) bond motifs is 1. The van der Waals surface area contributed by atoms with Gasteiger partial charge in [-0.3, -0.25) is 4.79 Å². The van der Waals surface area contributed by atoms with Gasteiger partial charge in [-0.15, -0.1) is 0 Å². The molecule has 1 aromatic heterocycles. The molecule has 0 unspecified atom stereocenters.